The number of ether oxygens (including phenoxy) is 2. The van der Waals surface area contributed by atoms with Gasteiger partial charge in [0, 0.05) is 5.70 Å². The monoisotopic (exact) mass is 183 g/mol. The van der Waals surface area contributed by atoms with E-state index in [4.69, 9.17) is 9.47 Å². The molecule has 13 heavy (non-hydrogen) atoms. The Labute approximate surface area is 79.8 Å². The Morgan fingerprint density at radius 3 is 2.31 bits per heavy atom. The first-order valence-electron chi connectivity index (χ1n) is 4.39. The number of allylic oxidation sites excluding steroid dienone is 1. The Kier molecular flexibility index (Phi) is 5.68. The average molecular weight is 183 g/mol. The quantitative estimate of drug-likeness (QED) is 0.625. The predicted octanol–water partition coefficient (Wildman–Crippen LogP) is 2.51. The SMILES string of the molecule is C=C(C)N=C1OCCOC1=C.CC. The lowest BCUT2D eigenvalue weighted by molar-refractivity contribution is 0.118. The molecule has 0 atom stereocenters. The molecule has 3 nitrogen and oxygen atoms in total. The van der Waals surface area contributed by atoms with Gasteiger partial charge in [-0.3, -0.25) is 0 Å². The van der Waals surface area contributed by atoms with E-state index in [2.05, 4.69) is 18.2 Å². The second-order valence-corrected chi connectivity index (χ2v) is 2.27. The van der Waals surface area contributed by atoms with E-state index in [1.807, 2.05) is 13.8 Å². The van der Waals surface area contributed by atoms with Crippen LogP contribution in [0.15, 0.2) is 29.6 Å². The second-order valence-electron chi connectivity index (χ2n) is 2.27. The lowest BCUT2D eigenvalue weighted by Crippen LogP contribution is -2.21. The minimum absolute atomic E-state index is 0.448. The maximum Gasteiger partial charge on any atom is 0.256 e. The highest BCUT2D eigenvalue weighted by atomic mass is 16.6. The van der Waals surface area contributed by atoms with E-state index >= 15 is 0 Å². The summed E-state index contributed by atoms with van der Waals surface area (Å²) in [7, 11) is 0. The van der Waals surface area contributed by atoms with Crippen molar-refractivity contribution in [1.29, 1.82) is 0 Å². The number of aliphatic imine (C=N–C) groups is 1. The van der Waals surface area contributed by atoms with Crippen LogP contribution in [0.4, 0.5) is 0 Å². The van der Waals surface area contributed by atoms with Crippen LogP contribution in [0.25, 0.3) is 0 Å². The van der Waals surface area contributed by atoms with Crippen LogP contribution in [-0.4, -0.2) is 19.1 Å². The lowest BCUT2D eigenvalue weighted by Gasteiger charge is -2.17. The largest absolute Gasteiger partial charge is 0.485 e. The summed E-state index contributed by atoms with van der Waals surface area (Å²) in [6, 6.07) is 0. The van der Waals surface area contributed by atoms with Crippen molar-refractivity contribution in [1.82, 2.24) is 0 Å². The first-order valence-corrected chi connectivity index (χ1v) is 4.39. The highest BCUT2D eigenvalue weighted by Gasteiger charge is 2.12. The summed E-state index contributed by atoms with van der Waals surface area (Å²) in [6.45, 7) is 14.1. The fourth-order valence-electron chi connectivity index (χ4n) is 0.713. The molecule has 1 fully saturated rings. The first kappa shape index (κ1) is 11.8. The third kappa shape index (κ3) is 4.35. The van der Waals surface area contributed by atoms with Crippen molar-refractivity contribution in [3.05, 3.63) is 24.6 Å². The van der Waals surface area contributed by atoms with Crippen molar-refractivity contribution >= 4 is 5.90 Å². The second kappa shape index (κ2) is 6.29. The van der Waals surface area contributed by atoms with Gasteiger partial charge in [0.15, 0.2) is 5.76 Å². The summed E-state index contributed by atoms with van der Waals surface area (Å²) in [5.74, 6) is 0.933. The third-order valence-electron chi connectivity index (χ3n) is 1.13. The lowest BCUT2D eigenvalue weighted by atomic mass is 10.5. The molecule has 3 heteroatoms. The molecule has 0 amide bonds. The summed E-state index contributed by atoms with van der Waals surface area (Å²) < 4.78 is 10.3. The average Bonchev–Trinajstić information content (AvgIpc) is 2.12. The molecule has 0 aromatic carbocycles. The number of hydrogen-bond donors (Lipinski definition) is 0. The molecule has 74 valence electrons. The molecule has 0 aromatic rings. The molecular weight excluding hydrogens is 166 g/mol. The molecule has 0 bridgehead atoms. The zero-order chi connectivity index (χ0) is 10.3. The third-order valence-corrected chi connectivity index (χ3v) is 1.13. The molecule has 0 aromatic heterocycles. The molecule has 0 aliphatic carbocycles. The first-order chi connectivity index (χ1) is 6.20. The summed E-state index contributed by atoms with van der Waals surface area (Å²) in [4.78, 5) is 3.99. The van der Waals surface area contributed by atoms with Crippen LogP contribution in [-0.2, 0) is 9.47 Å². The van der Waals surface area contributed by atoms with Gasteiger partial charge in [-0.05, 0) is 6.92 Å². The fraction of sp³-hybridized carbons (Fsp3) is 0.500. The van der Waals surface area contributed by atoms with E-state index in [-0.39, 0.29) is 0 Å². The minimum Gasteiger partial charge on any atom is -0.485 e. The van der Waals surface area contributed by atoms with Gasteiger partial charge in [-0.15, -0.1) is 0 Å². The predicted molar refractivity (Wildman–Crippen MR) is 54.6 cm³/mol. The Morgan fingerprint density at radius 2 is 1.85 bits per heavy atom. The van der Waals surface area contributed by atoms with Crippen molar-refractivity contribution in [2.24, 2.45) is 4.99 Å². The molecule has 1 aliphatic rings. The van der Waals surface area contributed by atoms with Crippen LogP contribution in [0.3, 0.4) is 0 Å². The topological polar surface area (TPSA) is 30.8 Å². The van der Waals surface area contributed by atoms with Crippen LogP contribution in [0.1, 0.15) is 20.8 Å². The molecule has 1 saturated heterocycles. The summed E-state index contributed by atoms with van der Waals surface area (Å²) in [5.41, 5.74) is 0.687. The molecule has 0 spiro atoms. The highest BCUT2D eigenvalue weighted by molar-refractivity contribution is 5.92. The van der Waals surface area contributed by atoms with E-state index < -0.39 is 0 Å². The van der Waals surface area contributed by atoms with Gasteiger partial charge in [0.25, 0.3) is 5.90 Å². The number of hydrogen-bond acceptors (Lipinski definition) is 3. The minimum atomic E-state index is 0.448. The maximum atomic E-state index is 5.17. The van der Waals surface area contributed by atoms with Crippen molar-refractivity contribution in [2.75, 3.05) is 13.2 Å². The van der Waals surface area contributed by atoms with E-state index in [1.54, 1.807) is 6.92 Å². The van der Waals surface area contributed by atoms with E-state index in [9.17, 15) is 0 Å². The Balaban J connectivity index is 0.000000671. The Bertz CT molecular complexity index is 219. The van der Waals surface area contributed by atoms with E-state index in [1.165, 1.54) is 0 Å². The van der Waals surface area contributed by atoms with Crippen LogP contribution in [0.5, 0.6) is 0 Å². The van der Waals surface area contributed by atoms with Crippen LogP contribution in [0, 0.1) is 0 Å². The summed E-state index contributed by atoms with van der Waals surface area (Å²) in [5, 5.41) is 0. The molecule has 0 unspecified atom stereocenters. The maximum absolute atomic E-state index is 5.17. The number of nitrogens with zero attached hydrogens (tertiary/aromatic N) is 1. The van der Waals surface area contributed by atoms with Crippen molar-refractivity contribution in [3.63, 3.8) is 0 Å². The molecule has 0 N–H and O–H groups in total. The smallest absolute Gasteiger partial charge is 0.256 e. The highest BCUT2D eigenvalue weighted by Crippen LogP contribution is 2.07. The van der Waals surface area contributed by atoms with Gasteiger partial charge in [-0.1, -0.05) is 27.0 Å². The van der Waals surface area contributed by atoms with Crippen molar-refractivity contribution in [2.45, 2.75) is 20.8 Å². The zero-order valence-electron chi connectivity index (χ0n) is 8.59. The molecule has 1 rings (SSSR count). The normalized spacial score (nSPS) is 18.1. The Morgan fingerprint density at radius 1 is 1.31 bits per heavy atom. The Hall–Kier alpha value is -1.25. The van der Waals surface area contributed by atoms with Gasteiger partial charge in [0.05, 0.1) is 0 Å². The molecule has 0 saturated carbocycles. The summed E-state index contributed by atoms with van der Waals surface area (Å²) >= 11 is 0. The molecular formula is C10H17NO2. The van der Waals surface area contributed by atoms with Crippen LogP contribution in [0.2, 0.25) is 0 Å². The fourth-order valence-corrected chi connectivity index (χ4v) is 0.713. The van der Waals surface area contributed by atoms with E-state index in [0.29, 0.717) is 30.6 Å². The molecule has 1 aliphatic heterocycles. The van der Waals surface area contributed by atoms with Crippen LogP contribution >= 0.6 is 0 Å². The van der Waals surface area contributed by atoms with Crippen LogP contribution < -0.4 is 0 Å². The van der Waals surface area contributed by atoms with Gasteiger partial charge < -0.3 is 9.47 Å². The summed E-state index contributed by atoms with van der Waals surface area (Å²) in [6.07, 6.45) is 0. The van der Waals surface area contributed by atoms with Gasteiger partial charge in [0.1, 0.15) is 13.2 Å². The van der Waals surface area contributed by atoms with Crippen molar-refractivity contribution in [3.8, 4) is 0 Å². The molecule has 0 radical (unpaired) electrons. The molecule has 1 heterocycles. The van der Waals surface area contributed by atoms with Gasteiger partial charge >= 0.3 is 0 Å². The van der Waals surface area contributed by atoms with Gasteiger partial charge in [-0.25, -0.2) is 4.99 Å². The van der Waals surface area contributed by atoms with Gasteiger partial charge in [-0.2, -0.15) is 0 Å². The van der Waals surface area contributed by atoms with Crippen molar-refractivity contribution < 1.29 is 9.47 Å². The van der Waals surface area contributed by atoms with Gasteiger partial charge in [0.2, 0.25) is 0 Å². The van der Waals surface area contributed by atoms with E-state index in [0.717, 1.165) is 0 Å². The number of rotatable bonds is 1. The standard InChI is InChI=1S/C8H11NO2.C2H6/c1-6(2)9-8-7(3)10-4-5-11-8;1-2/h1,3-5H2,2H3;1-2H3. The zero-order valence-corrected chi connectivity index (χ0v) is 8.59.